The summed E-state index contributed by atoms with van der Waals surface area (Å²) in [6.45, 7) is 10.0. The summed E-state index contributed by atoms with van der Waals surface area (Å²) in [7, 11) is 0. The summed E-state index contributed by atoms with van der Waals surface area (Å²) in [4.78, 5) is 26.7. The predicted octanol–water partition coefficient (Wildman–Crippen LogP) is 5.18. The molecule has 0 aliphatic carbocycles. The Morgan fingerprint density at radius 1 is 0.966 bits per heavy atom. The van der Waals surface area contributed by atoms with Crippen LogP contribution in [0.5, 0.6) is 5.75 Å². The Labute approximate surface area is 173 Å². The summed E-state index contributed by atoms with van der Waals surface area (Å²) in [5.74, 6) is 0.244. The molecule has 3 rings (SSSR count). The van der Waals surface area contributed by atoms with Crippen LogP contribution in [0.4, 0.5) is 5.69 Å². The SMILES string of the molecule is CCCCCCN1C(=Cc2c(OCCCC)c(=O)c2=O)C(C)(C)c2ccccc21. The quantitative estimate of drug-likeness (QED) is 0.411. The summed E-state index contributed by atoms with van der Waals surface area (Å²) >= 11 is 0. The van der Waals surface area contributed by atoms with Gasteiger partial charge in [-0.05, 0) is 30.5 Å². The third-order valence-corrected chi connectivity index (χ3v) is 5.96. The molecule has 0 fully saturated rings. The molecule has 0 saturated carbocycles. The summed E-state index contributed by atoms with van der Waals surface area (Å²) in [6.07, 6.45) is 8.48. The van der Waals surface area contributed by atoms with Crippen molar-refractivity contribution in [2.45, 2.75) is 71.6 Å². The van der Waals surface area contributed by atoms with E-state index in [9.17, 15) is 9.59 Å². The minimum atomic E-state index is -0.490. The first-order valence-electron chi connectivity index (χ1n) is 11.0. The maximum Gasteiger partial charge on any atom is 0.268 e. The minimum absolute atomic E-state index is 0.234. The smallest absolute Gasteiger partial charge is 0.268 e. The first kappa shape index (κ1) is 21.4. The third kappa shape index (κ3) is 4.03. The van der Waals surface area contributed by atoms with Crippen LogP contribution in [0.2, 0.25) is 0 Å². The van der Waals surface area contributed by atoms with E-state index in [-0.39, 0.29) is 11.2 Å². The monoisotopic (exact) mass is 395 g/mol. The molecule has 2 aromatic carbocycles. The molecule has 0 aromatic heterocycles. The van der Waals surface area contributed by atoms with E-state index < -0.39 is 10.9 Å². The minimum Gasteiger partial charge on any atom is -0.489 e. The van der Waals surface area contributed by atoms with Gasteiger partial charge in [-0.2, -0.15) is 0 Å². The third-order valence-electron chi connectivity index (χ3n) is 5.96. The molecule has 29 heavy (non-hydrogen) atoms. The largest absolute Gasteiger partial charge is 0.489 e. The Hall–Kier alpha value is -2.36. The molecular formula is C25H33NO3. The lowest BCUT2D eigenvalue weighted by Crippen LogP contribution is -2.36. The molecule has 0 spiro atoms. The number of benzene rings is 1. The van der Waals surface area contributed by atoms with Gasteiger partial charge >= 0.3 is 0 Å². The average Bonchev–Trinajstić information content (AvgIpc) is 2.94. The molecule has 4 heteroatoms. The van der Waals surface area contributed by atoms with Crippen LogP contribution in [0.25, 0.3) is 6.08 Å². The van der Waals surface area contributed by atoms with E-state index in [1.807, 2.05) is 6.08 Å². The van der Waals surface area contributed by atoms with Crippen molar-refractivity contribution in [2.75, 3.05) is 18.1 Å². The van der Waals surface area contributed by atoms with Crippen LogP contribution < -0.4 is 20.5 Å². The van der Waals surface area contributed by atoms with Crippen molar-refractivity contribution in [3.05, 3.63) is 61.5 Å². The Balaban J connectivity index is 1.96. The van der Waals surface area contributed by atoms with Crippen molar-refractivity contribution in [1.29, 1.82) is 0 Å². The maximum absolute atomic E-state index is 12.3. The van der Waals surface area contributed by atoms with E-state index in [1.54, 1.807) is 0 Å². The molecule has 0 amide bonds. The molecule has 0 N–H and O–H groups in total. The lowest BCUT2D eigenvalue weighted by molar-refractivity contribution is 0.302. The molecule has 1 aliphatic heterocycles. The normalized spacial score (nSPS) is 16.6. The lowest BCUT2D eigenvalue weighted by Gasteiger charge is -2.28. The highest BCUT2D eigenvalue weighted by Gasteiger charge is 2.40. The van der Waals surface area contributed by atoms with Crippen LogP contribution in [0.3, 0.4) is 0 Å². The number of anilines is 1. The number of rotatable bonds is 10. The first-order chi connectivity index (χ1) is 13.9. The molecule has 1 aliphatic rings. The van der Waals surface area contributed by atoms with E-state index in [4.69, 9.17) is 4.74 Å². The fraction of sp³-hybridized carbons (Fsp3) is 0.520. The van der Waals surface area contributed by atoms with Gasteiger partial charge in [-0.3, -0.25) is 9.59 Å². The van der Waals surface area contributed by atoms with Crippen molar-refractivity contribution in [1.82, 2.24) is 0 Å². The van der Waals surface area contributed by atoms with Crippen LogP contribution in [-0.2, 0) is 5.41 Å². The number of unbranched alkanes of at least 4 members (excludes halogenated alkanes) is 4. The number of allylic oxidation sites excluding steroid dienone is 1. The van der Waals surface area contributed by atoms with E-state index in [2.05, 4.69) is 56.9 Å². The van der Waals surface area contributed by atoms with Gasteiger partial charge in [0.2, 0.25) is 5.43 Å². The molecule has 0 bridgehead atoms. The Kier molecular flexibility index (Phi) is 6.61. The number of nitrogens with zero attached hydrogens (tertiary/aromatic N) is 1. The van der Waals surface area contributed by atoms with Gasteiger partial charge in [0.25, 0.3) is 5.43 Å². The van der Waals surface area contributed by atoms with E-state index in [0.717, 1.165) is 31.5 Å². The van der Waals surface area contributed by atoms with Crippen molar-refractivity contribution in [3.8, 4) is 5.75 Å². The Bertz CT molecular complexity index is 947. The molecular weight excluding hydrogens is 362 g/mol. The van der Waals surface area contributed by atoms with Crippen molar-refractivity contribution in [3.63, 3.8) is 0 Å². The molecule has 0 unspecified atom stereocenters. The lowest BCUT2D eigenvalue weighted by atomic mass is 9.83. The van der Waals surface area contributed by atoms with Crippen LogP contribution in [0, 0.1) is 0 Å². The second-order valence-corrected chi connectivity index (χ2v) is 8.49. The standard InChI is InChI=1S/C25H33NO3/c1-5-7-9-12-15-26-20-14-11-10-13-19(20)25(3,4)21(26)17-18-22(27)23(28)24(18)29-16-8-6-2/h10-11,13-14,17H,5-9,12,15-16H2,1-4H3. The van der Waals surface area contributed by atoms with Gasteiger partial charge in [0.15, 0.2) is 5.75 Å². The van der Waals surface area contributed by atoms with E-state index in [0.29, 0.717) is 12.2 Å². The summed E-state index contributed by atoms with van der Waals surface area (Å²) in [5, 5.41) is 0. The molecule has 0 radical (unpaired) electrons. The number of ether oxygens (including phenoxy) is 1. The van der Waals surface area contributed by atoms with Gasteiger partial charge in [-0.25, -0.2) is 0 Å². The molecule has 1 heterocycles. The maximum atomic E-state index is 12.3. The van der Waals surface area contributed by atoms with Crippen LogP contribution in [0.1, 0.15) is 77.3 Å². The molecule has 2 aromatic rings. The highest BCUT2D eigenvalue weighted by atomic mass is 16.5. The van der Waals surface area contributed by atoms with Crippen molar-refractivity contribution < 1.29 is 4.74 Å². The number of para-hydroxylation sites is 1. The fourth-order valence-electron chi connectivity index (χ4n) is 4.16. The van der Waals surface area contributed by atoms with Gasteiger partial charge in [0, 0.05) is 23.3 Å². The van der Waals surface area contributed by atoms with Crippen molar-refractivity contribution in [2.24, 2.45) is 0 Å². The molecule has 4 nitrogen and oxygen atoms in total. The Morgan fingerprint density at radius 3 is 2.41 bits per heavy atom. The van der Waals surface area contributed by atoms with E-state index in [1.165, 1.54) is 30.5 Å². The fourth-order valence-corrected chi connectivity index (χ4v) is 4.16. The van der Waals surface area contributed by atoms with Gasteiger partial charge < -0.3 is 9.64 Å². The highest BCUT2D eigenvalue weighted by molar-refractivity contribution is 5.77. The van der Waals surface area contributed by atoms with Gasteiger partial charge in [-0.1, -0.05) is 71.6 Å². The number of hydrogen-bond acceptors (Lipinski definition) is 4. The zero-order chi connectivity index (χ0) is 21.0. The predicted molar refractivity (Wildman–Crippen MR) is 121 cm³/mol. The summed E-state index contributed by atoms with van der Waals surface area (Å²) in [6, 6.07) is 8.44. The van der Waals surface area contributed by atoms with Crippen LogP contribution >= 0.6 is 0 Å². The second kappa shape index (κ2) is 8.98. The van der Waals surface area contributed by atoms with Crippen LogP contribution in [0.15, 0.2) is 39.6 Å². The zero-order valence-corrected chi connectivity index (χ0v) is 18.2. The highest BCUT2D eigenvalue weighted by Crippen LogP contribution is 2.48. The summed E-state index contributed by atoms with van der Waals surface area (Å²) in [5.41, 5.74) is 2.81. The zero-order valence-electron chi connectivity index (χ0n) is 18.2. The second-order valence-electron chi connectivity index (χ2n) is 8.49. The number of hydrogen-bond donors (Lipinski definition) is 0. The van der Waals surface area contributed by atoms with Gasteiger partial charge in [0.05, 0.1) is 12.2 Å². The van der Waals surface area contributed by atoms with E-state index >= 15 is 0 Å². The summed E-state index contributed by atoms with van der Waals surface area (Å²) < 4.78 is 5.66. The van der Waals surface area contributed by atoms with Crippen molar-refractivity contribution >= 4 is 11.8 Å². The Morgan fingerprint density at radius 2 is 1.69 bits per heavy atom. The first-order valence-corrected chi connectivity index (χ1v) is 11.0. The van der Waals surface area contributed by atoms with Gasteiger partial charge in [-0.15, -0.1) is 0 Å². The topological polar surface area (TPSA) is 46.6 Å². The van der Waals surface area contributed by atoms with Crippen LogP contribution in [-0.4, -0.2) is 13.2 Å². The molecule has 156 valence electrons. The molecule has 0 atom stereocenters. The number of fused-ring (bicyclic) bond motifs is 1. The van der Waals surface area contributed by atoms with Gasteiger partial charge in [0.1, 0.15) is 0 Å². The molecule has 0 saturated heterocycles. The average molecular weight is 396 g/mol.